The number of carbonyl (C=O) groups is 2. The van der Waals surface area contributed by atoms with Crippen LogP contribution in [-0.2, 0) is 24.7 Å². The summed E-state index contributed by atoms with van der Waals surface area (Å²) in [6.07, 6.45) is -4.14. The standard InChI is InChI=1S/C29H35F3N2O5/c1-20(37-2)19-39-24-12-8-7-11-22(24)23-18-33-25(35)17-27(23)13-15-34(16-14-27)26(36)28(38-3,29(30,31)32)21-9-5-4-6-10-21/h4-12,20,23H,13-19H2,1-3H3,(H,33,35)/t20-,23?,28+/m0/s1. The summed E-state index contributed by atoms with van der Waals surface area (Å²) in [6, 6.07) is 14.6. The molecule has 2 heterocycles. The van der Waals surface area contributed by atoms with Gasteiger partial charge in [-0.15, -0.1) is 0 Å². The Kier molecular flexibility index (Phi) is 8.56. The number of carbonyl (C=O) groups excluding carboxylic acids is 2. The van der Waals surface area contributed by atoms with Crippen LogP contribution in [0.1, 0.15) is 43.2 Å². The van der Waals surface area contributed by atoms with Crippen molar-refractivity contribution >= 4 is 11.8 Å². The molecule has 0 radical (unpaired) electrons. The van der Waals surface area contributed by atoms with Gasteiger partial charge in [-0.1, -0.05) is 48.5 Å². The van der Waals surface area contributed by atoms with Crippen LogP contribution in [0, 0.1) is 5.41 Å². The van der Waals surface area contributed by atoms with E-state index in [0.717, 1.165) is 12.7 Å². The van der Waals surface area contributed by atoms with E-state index in [1.165, 1.54) is 29.2 Å². The quantitative estimate of drug-likeness (QED) is 0.529. The summed E-state index contributed by atoms with van der Waals surface area (Å²) in [4.78, 5) is 27.4. The van der Waals surface area contributed by atoms with Gasteiger partial charge in [0.05, 0.1) is 6.10 Å². The molecule has 1 spiro atoms. The van der Waals surface area contributed by atoms with Gasteiger partial charge in [-0.2, -0.15) is 13.2 Å². The molecule has 0 aromatic heterocycles. The topological polar surface area (TPSA) is 77.1 Å². The first kappa shape index (κ1) is 28.9. The van der Waals surface area contributed by atoms with Crippen molar-refractivity contribution in [2.45, 2.75) is 50.0 Å². The summed E-state index contributed by atoms with van der Waals surface area (Å²) >= 11 is 0. The molecule has 2 amide bonds. The van der Waals surface area contributed by atoms with E-state index in [1.54, 1.807) is 13.2 Å². The molecular weight excluding hydrogens is 513 g/mol. The highest BCUT2D eigenvalue weighted by atomic mass is 19.4. The number of piperidine rings is 2. The van der Waals surface area contributed by atoms with Gasteiger partial charge in [0.15, 0.2) is 0 Å². The molecular formula is C29H35F3N2O5. The zero-order chi connectivity index (χ0) is 28.3. The maximum atomic E-state index is 14.5. The van der Waals surface area contributed by atoms with Crippen LogP contribution in [0.2, 0.25) is 0 Å². The predicted octanol–water partition coefficient (Wildman–Crippen LogP) is 4.42. The van der Waals surface area contributed by atoms with E-state index in [1.807, 2.05) is 31.2 Å². The molecule has 7 nitrogen and oxygen atoms in total. The third-order valence-electron chi connectivity index (χ3n) is 8.16. The van der Waals surface area contributed by atoms with Crippen LogP contribution in [0.4, 0.5) is 13.2 Å². The Bertz CT molecular complexity index is 1150. The number of benzene rings is 2. The summed E-state index contributed by atoms with van der Waals surface area (Å²) < 4.78 is 59.9. The Hall–Kier alpha value is -3.11. The summed E-state index contributed by atoms with van der Waals surface area (Å²) in [5.41, 5.74) is -2.99. The molecule has 2 aromatic rings. The molecule has 3 atom stereocenters. The second-order valence-corrected chi connectivity index (χ2v) is 10.3. The summed E-state index contributed by atoms with van der Waals surface area (Å²) in [5, 5.41) is 2.95. The van der Waals surface area contributed by atoms with Crippen molar-refractivity contribution in [1.29, 1.82) is 0 Å². The largest absolute Gasteiger partial charge is 0.491 e. The fraction of sp³-hybridized carbons (Fsp3) is 0.517. The van der Waals surface area contributed by atoms with Gasteiger partial charge in [-0.05, 0) is 36.8 Å². The van der Waals surface area contributed by atoms with Crippen LogP contribution in [0.3, 0.4) is 0 Å². The van der Waals surface area contributed by atoms with Gasteiger partial charge < -0.3 is 24.4 Å². The van der Waals surface area contributed by atoms with Gasteiger partial charge in [-0.3, -0.25) is 9.59 Å². The second-order valence-electron chi connectivity index (χ2n) is 10.3. The monoisotopic (exact) mass is 548 g/mol. The van der Waals surface area contributed by atoms with Crippen molar-refractivity contribution in [2.75, 3.05) is 40.5 Å². The zero-order valence-corrected chi connectivity index (χ0v) is 22.4. The normalized spacial score (nSPS) is 21.6. The smallest absolute Gasteiger partial charge is 0.430 e. The lowest BCUT2D eigenvalue weighted by Crippen LogP contribution is -2.60. The van der Waals surface area contributed by atoms with E-state index in [2.05, 4.69) is 5.32 Å². The molecule has 212 valence electrons. The number of methoxy groups -OCH3 is 2. The number of halogens is 3. The molecule has 2 saturated heterocycles. The highest BCUT2D eigenvalue weighted by Crippen LogP contribution is 2.52. The molecule has 4 rings (SSSR count). The maximum absolute atomic E-state index is 14.5. The molecule has 1 N–H and O–H groups in total. The lowest BCUT2D eigenvalue weighted by atomic mass is 9.62. The van der Waals surface area contributed by atoms with Gasteiger partial charge in [-0.25, -0.2) is 0 Å². The molecule has 39 heavy (non-hydrogen) atoms. The molecule has 2 aliphatic rings. The first-order valence-electron chi connectivity index (χ1n) is 13.1. The minimum Gasteiger partial charge on any atom is -0.491 e. The van der Waals surface area contributed by atoms with Crippen molar-refractivity contribution in [3.8, 4) is 5.75 Å². The number of ether oxygens (including phenoxy) is 3. The third kappa shape index (κ3) is 5.49. The van der Waals surface area contributed by atoms with Crippen LogP contribution in [0.25, 0.3) is 0 Å². The number of likely N-dealkylation sites (tertiary alicyclic amines) is 1. The van der Waals surface area contributed by atoms with Gasteiger partial charge in [0.2, 0.25) is 5.91 Å². The van der Waals surface area contributed by atoms with E-state index in [-0.39, 0.29) is 43.0 Å². The molecule has 0 bridgehead atoms. The first-order valence-corrected chi connectivity index (χ1v) is 13.1. The number of alkyl halides is 3. The van der Waals surface area contributed by atoms with E-state index in [9.17, 15) is 22.8 Å². The molecule has 1 unspecified atom stereocenters. The van der Waals surface area contributed by atoms with E-state index in [0.29, 0.717) is 31.7 Å². The summed E-state index contributed by atoms with van der Waals surface area (Å²) in [6.45, 7) is 2.76. The molecule has 2 aliphatic heterocycles. The fourth-order valence-corrected chi connectivity index (χ4v) is 5.86. The first-order chi connectivity index (χ1) is 18.6. The van der Waals surface area contributed by atoms with Gasteiger partial charge in [0.25, 0.3) is 11.5 Å². The number of nitrogens with one attached hydrogen (secondary N) is 1. The van der Waals surface area contributed by atoms with Crippen molar-refractivity contribution in [3.63, 3.8) is 0 Å². The van der Waals surface area contributed by atoms with E-state index >= 15 is 0 Å². The van der Waals surface area contributed by atoms with Crippen LogP contribution in [-0.4, -0.2) is 69.5 Å². The number of hydrogen-bond donors (Lipinski definition) is 1. The molecule has 2 aromatic carbocycles. The van der Waals surface area contributed by atoms with E-state index in [4.69, 9.17) is 14.2 Å². The van der Waals surface area contributed by atoms with Gasteiger partial charge in [0, 0.05) is 51.8 Å². The Balaban J connectivity index is 1.61. The average Bonchev–Trinajstić information content (AvgIpc) is 2.93. The molecule has 0 aliphatic carbocycles. The Morgan fingerprint density at radius 2 is 1.72 bits per heavy atom. The number of para-hydroxylation sites is 1. The molecule has 2 fully saturated rings. The Morgan fingerprint density at radius 1 is 1.08 bits per heavy atom. The number of hydrogen-bond acceptors (Lipinski definition) is 5. The molecule has 10 heteroatoms. The van der Waals surface area contributed by atoms with Crippen LogP contribution >= 0.6 is 0 Å². The lowest BCUT2D eigenvalue weighted by molar-refractivity contribution is -0.271. The lowest BCUT2D eigenvalue weighted by Gasteiger charge is -2.50. The number of amides is 2. The van der Waals surface area contributed by atoms with Gasteiger partial charge in [0.1, 0.15) is 12.4 Å². The predicted molar refractivity (Wildman–Crippen MR) is 138 cm³/mol. The summed E-state index contributed by atoms with van der Waals surface area (Å²) in [5.74, 6) is -0.707. The van der Waals surface area contributed by atoms with Crippen LogP contribution < -0.4 is 10.1 Å². The highest BCUT2D eigenvalue weighted by Gasteiger charge is 2.64. The third-order valence-corrected chi connectivity index (χ3v) is 8.16. The van der Waals surface area contributed by atoms with Crippen molar-refractivity contribution in [3.05, 3.63) is 65.7 Å². The van der Waals surface area contributed by atoms with Crippen molar-refractivity contribution < 1.29 is 37.0 Å². The highest BCUT2D eigenvalue weighted by molar-refractivity contribution is 5.88. The Morgan fingerprint density at radius 3 is 2.33 bits per heavy atom. The average molecular weight is 549 g/mol. The molecule has 0 saturated carbocycles. The second kappa shape index (κ2) is 11.6. The minimum absolute atomic E-state index is 0.0698. The fourth-order valence-electron chi connectivity index (χ4n) is 5.86. The maximum Gasteiger partial charge on any atom is 0.430 e. The van der Waals surface area contributed by atoms with Crippen LogP contribution in [0.15, 0.2) is 54.6 Å². The van der Waals surface area contributed by atoms with Crippen molar-refractivity contribution in [2.24, 2.45) is 5.41 Å². The van der Waals surface area contributed by atoms with Crippen LogP contribution in [0.5, 0.6) is 5.75 Å². The Labute approximate surface area is 226 Å². The summed E-state index contributed by atoms with van der Waals surface area (Å²) in [7, 11) is 2.52. The van der Waals surface area contributed by atoms with Gasteiger partial charge >= 0.3 is 6.18 Å². The zero-order valence-electron chi connectivity index (χ0n) is 22.4. The van der Waals surface area contributed by atoms with E-state index < -0.39 is 23.1 Å². The van der Waals surface area contributed by atoms with Crippen molar-refractivity contribution in [1.82, 2.24) is 10.2 Å². The SMILES string of the molecule is CO[C@@H](C)COc1ccccc1C1CNC(=O)CC12CCN(C(=O)[C@](OC)(c1ccccc1)C(F)(F)F)CC2. The minimum atomic E-state index is -4.97. The number of rotatable bonds is 8. The number of nitrogens with zero attached hydrogens (tertiary/aromatic N) is 1.